The van der Waals surface area contributed by atoms with Crippen molar-refractivity contribution in [3.05, 3.63) is 81.9 Å². The second kappa shape index (κ2) is 9.05. The summed E-state index contributed by atoms with van der Waals surface area (Å²) in [7, 11) is 1.32. The minimum Gasteiger partial charge on any atom is -0.490 e. The summed E-state index contributed by atoms with van der Waals surface area (Å²) in [5, 5.41) is 16.6. The molecular weight excluding hydrogens is 444 g/mol. The van der Waals surface area contributed by atoms with Crippen LogP contribution in [0.5, 0.6) is 5.75 Å². The molecule has 4 aromatic rings. The van der Waals surface area contributed by atoms with Gasteiger partial charge in [0.05, 0.1) is 12.0 Å². The van der Waals surface area contributed by atoms with Crippen molar-refractivity contribution in [2.75, 3.05) is 12.4 Å². The zero-order chi connectivity index (χ0) is 23.5. The van der Waals surface area contributed by atoms with Gasteiger partial charge in [-0.15, -0.1) is 0 Å². The highest BCUT2D eigenvalue weighted by molar-refractivity contribution is 7.80. The summed E-state index contributed by atoms with van der Waals surface area (Å²) in [4.78, 5) is 27.5. The summed E-state index contributed by atoms with van der Waals surface area (Å²) in [5.41, 5.74) is 3.77. The van der Waals surface area contributed by atoms with E-state index >= 15 is 0 Å². The molecule has 10 heteroatoms. The van der Waals surface area contributed by atoms with Gasteiger partial charge in [-0.2, -0.15) is 0 Å². The molecule has 1 heterocycles. The number of aromatic nitrogens is 1. The molecule has 33 heavy (non-hydrogen) atoms. The topological polar surface area (TPSA) is 120 Å². The van der Waals surface area contributed by atoms with Gasteiger partial charge in [0.15, 0.2) is 16.4 Å². The SMILES string of the molecule is COc1ccc(C(=O)NC(=S)Nc2ccc(-c3nc4ccc(C)cc4o3)cc2)cc1[N+](=O)[O-]. The first-order chi connectivity index (χ1) is 15.8. The summed E-state index contributed by atoms with van der Waals surface area (Å²) < 4.78 is 10.8. The van der Waals surface area contributed by atoms with E-state index in [-0.39, 0.29) is 22.1 Å². The van der Waals surface area contributed by atoms with Crippen LogP contribution in [0, 0.1) is 17.0 Å². The van der Waals surface area contributed by atoms with Crippen molar-refractivity contribution in [3.63, 3.8) is 0 Å². The molecule has 0 radical (unpaired) electrons. The number of fused-ring (bicyclic) bond motifs is 1. The third-order valence-corrected chi connectivity index (χ3v) is 5.00. The smallest absolute Gasteiger partial charge is 0.311 e. The van der Waals surface area contributed by atoms with Gasteiger partial charge in [-0.05, 0) is 73.2 Å². The highest BCUT2D eigenvalue weighted by atomic mass is 32.1. The van der Waals surface area contributed by atoms with Crippen molar-refractivity contribution in [1.29, 1.82) is 0 Å². The van der Waals surface area contributed by atoms with Crippen molar-refractivity contribution in [2.45, 2.75) is 6.92 Å². The number of hydrogen-bond acceptors (Lipinski definition) is 7. The molecule has 9 nitrogen and oxygen atoms in total. The lowest BCUT2D eigenvalue weighted by Gasteiger charge is -2.10. The van der Waals surface area contributed by atoms with E-state index in [1.54, 1.807) is 12.1 Å². The Morgan fingerprint density at radius 3 is 2.58 bits per heavy atom. The average Bonchev–Trinajstić information content (AvgIpc) is 3.22. The van der Waals surface area contributed by atoms with E-state index in [0.717, 1.165) is 28.3 Å². The zero-order valence-electron chi connectivity index (χ0n) is 17.6. The standard InChI is InChI=1S/C23H18N4O5S/c1-13-3-9-17-20(11-13)32-22(25-17)14-4-7-16(8-5-14)24-23(33)26-21(28)15-6-10-19(31-2)18(12-15)27(29)30/h3-12H,1-2H3,(H2,24,26,28,33). The van der Waals surface area contributed by atoms with E-state index in [0.29, 0.717) is 11.6 Å². The quantitative estimate of drug-likeness (QED) is 0.245. The first-order valence-electron chi connectivity index (χ1n) is 9.76. The fourth-order valence-electron chi connectivity index (χ4n) is 3.16. The first kappa shape index (κ1) is 21.9. The number of carbonyl (C=O) groups excluding carboxylic acids is 1. The van der Waals surface area contributed by atoms with Gasteiger partial charge in [-0.1, -0.05) is 6.07 Å². The highest BCUT2D eigenvalue weighted by Crippen LogP contribution is 2.28. The highest BCUT2D eigenvalue weighted by Gasteiger charge is 2.19. The molecule has 0 saturated carbocycles. The van der Waals surface area contributed by atoms with Crippen LogP contribution in [0.25, 0.3) is 22.6 Å². The Balaban J connectivity index is 1.43. The number of aryl methyl sites for hydroxylation is 1. The Bertz CT molecular complexity index is 1380. The number of hydrogen-bond donors (Lipinski definition) is 2. The van der Waals surface area contributed by atoms with E-state index in [9.17, 15) is 14.9 Å². The Morgan fingerprint density at radius 2 is 1.88 bits per heavy atom. The molecule has 1 aromatic heterocycles. The number of nitro groups is 1. The molecule has 2 N–H and O–H groups in total. The van der Waals surface area contributed by atoms with Crippen LogP contribution in [0.3, 0.4) is 0 Å². The summed E-state index contributed by atoms with van der Waals surface area (Å²) in [5.74, 6) is -0.0257. The van der Waals surface area contributed by atoms with E-state index in [2.05, 4.69) is 15.6 Å². The number of methoxy groups -OCH3 is 1. The van der Waals surface area contributed by atoms with Crippen molar-refractivity contribution < 1.29 is 18.9 Å². The van der Waals surface area contributed by atoms with Gasteiger partial charge in [-0.3, -0.25) is 20.2 Å². The second-order valence-electron chi connectivity index (χ2n) is 7.12. The normalized spacial score (nSPS) is 10.6. The van der Waals surface area contributed by atoms with Crippen molar-refractivity contribution in [1.82, 2.24) is 10.3 Å². The van der Waals surface area contributed by atoms with Gasteiger partial charge in [-0.25, -0.2) is 4.98 Å². The minimum atomic E-state index is -0.619. The fourth-order valence-corrected chi connectivity index (χ4v) is 3.37. The van der Waals surface area contributed by atoms with E-state index < -0.39 is 10.8 Å². The predicted molar refractivity (Wildman–Crippen MR) is 128 cm³/mol. The van der Waals surface area contributed by atoms with Crippen molar-refractivity contribution >= 4 is 45.7 Å². The Hall–Kier alpha value is -4.31. The second-order valence-corrected chi connectivity index (χ2v) is 7.53. The van der Waals surface area contributed by atoms with E-state index in [4.69, 9.17) is 21.4 Å². The van der Waals surface area contributed by atoms with Crippen molar-refractivity contribution in [2.24, 2.45) is 0 Å². The molecule has 4 rings (SSSR count). The number of amides is 1. The van der Waals surface area contributed by atoms with Gasteiger partial charge in [0.2, 0.25) is 5.89 Å². The number of carbonyl (C=O) groups is 1. The molecule has 0 bridgehead atoms. The van der Waals surface area contributed by atoms with Gasteiger partial charge in [0, 0.05) is 22.9 Å². The monoisotopic (exact) mass is 462 g/mol. The molecule has 1 amide bonds. The number of anilines is 1. The van der Waals surface area contributed by atoms with Gasteiger partial charge in [0.1, 0.15) is 5.52 Å². The van der Waals surface area contributed by atoms with Crippen LogP contribution in [-0.2, 0) is 0 Å². The van der Waals surface area contributed by atoms with Crippen LogP contribution in [-0.4, -0.2) is 28.0 Å². The van der Waals surface area contributed by atoms with Crippen LogP contribution in [0.1, 0.15) is 15.9 Å². The number of nitrogens with one attached hydrogen (secondary N) is 2. The van der Waals surface area contributed by atoms with E-state index in [1.165, 1.54) is 19.2 Å². The summed E-state index contributed by atoms with van der Waals surface area (Å²) in [6.45, 7) is 1.99. The number of thiocarbonyl (C=S) groups is 1. The van der Waals surface area contributed by atoms with Crippen molar-refractivity contribution in [3.8, 4) is 17.2 Å². The maximum absolute atomic E-state index is 12.4. The third kappa shape index (κ3) is 4.80. The minimum absolute atomic E-state index is 0.0450. The van der Waals surface area contributed by atoms with E-state index in [1.807, 2.05) is 37.3 Å². The maximum Gasteiger partial charge on any atom is 0.311 e. The molecular formula is C23H18N4O5S. The van der Waals surface area contributed by atoms with Gasteiger partial charge >= 0.3 is 5.69 Å². The number of oxazole rings is 1. The lowest BCUT2D eigenvalue weighted by molar-refractivity contribution is -0.385. The maximum atomic E-state index is 12.4. The van der Waals surface area contributed by atoms with Gasteiger partial charge in [0.25, 0.3) is 5.91 Å². The Morgan fingerprint density at radius 1 is 1.12 bits per heavy atom. The van der Waals surface area contributed by atoms with Crippen LogP contribution in [0.4, 0.5) is 11.4 Å². The molecule has 0 atom stereocenters. The molecule has 0 aliphatic carbocycles. The Kier molecular flexibility index (Phi) is 6.01. The zero-order valence-corrected chi connectivity index (χ0v) is 18.4. The molecule has 166 valence electrons. The number of benzene rings is 3. The summed E-state index contributed by atoms with van der Waals surface area (Å²) in [6.07, 6.45) is 0. The summed E-state index contributed by atoms with van der Waals surface area (Å²) in [6, 6.07) is 16.9. The molecule has 0 fully saturated rings. The predicted octanol–water partition coefficient (Wildman–Crippen LogP) is 4.85. The van der Waals surface area contributed by atoms with Gasteiger partial charge < -0.3 is 14.5 Å². The number of nitrogens with zero attached hydrogens (tertiary/aromatic N) is 2. The molecule has 3 aromatic carbocycles. The molecule has 0 saturated heterocycles. The Labute approximate surface area is 193 Å². The molecule has 0 aliphatic rings. The fraction of sp³-hybridized carbons (Fsp3) is 0.0870. The third-order valence-electron chi connectivity index (χ3n) is 4.80. The van der Waals surface area contributed by atoms with Crippen LogP contribution < -0.4 is 15.4 Å². The lowest BCUT2D eigenvalue weighted by atomic mass is 10.1. The molecule has 0 aliphatic heterocycles. The first-order valence-corrected chi connectivity index (χ1v) is 10.2. The number of rotatable bonds is 5. The molecule has 0 unspecified atom stereocenters. The van der Waals surface area contributed by atoms with Crippen LogP contribution in [0.15, 0.2) is 65.1 Å². The largest absolute Gasteiger partial charge is 0.490 e. The molecule has 0 spiro atoms. The van der Waals surface area contributed by atoms with Crippen LogP contribution in [0.2, 0.25) is 0 Å². The van der Waals surface area contributed by atoms with Crippen LogP contribution >= 0.6 is 12.2 Å². The number of nitro benzene ring substituents is 1. The lowest BCUT2D eigenvalue weighted by Crippen LogP contribution is -2.34. The average molecular weight is 462 g/mol. The summed E-state index contributed by atoms with van der Waals surface area (Å²) >= 11 is 5.19. The number of ether oxygens (including phenoxy) is 1.